The molecule has 1 unspecified atom stereocenters. The third-order valence-electron chi connectivity index (χ3n) is 6.52. The van der Waals surface area contributed by atoms with Crippen molar-refractivity contribution in [3.8, 4) is 0 Å². The molecule has 3 nitrogen and oxygen atoms in total. The average Bonchev–Trinajstić information content (AvgIpc) is 3.43. The highest BCUT2D eigenvalue weighted by atomic mass is 35.5. The van der Waals surface area contributed by atoms with Crippen LogP contribution < -0.4 is 0 Å². The molecule has 5 aromatic rings. The Kier molecular flexibility index (Phi) is 5.90. The number of benzene rings is 3. The van der Waals surface area contributed by atoms with E-state index in [1.807, 2.05) is 35.8 Å². The Hall–Kier alpha value is -2.66. The van der Waals surface area contributed by atoms with Gasteiger partial charge < -0.3 is 4.57 Å². The monoisotopic (exact) mass is 503 g/mol. The number of rotatable bonds is 7. The molecule has 0 aliphatic heterocycles. The van der Waals surface area contributed by atoms with Crippen LogP contribution in [0.4, 0.5) is 0 Å². The van der Waals surface area contributed by atoms with Gasteiger partial charge in [0, 0.05) is 34.1 Å². The van der Waals surface area contributed by atoms with E-state index < -0.39 is 0 Å². The molecule has 1 fully saturated rings. The van der Waals surface area contributed by atoms with Gasteiger partial charge >= 0.3 is 0 Å². The summed E-state index contributed by atoms with van der Waals surface area (Å²) in [7, 11) is 0. The molecule has 0 saturated heterocycles. The van der Waals surface area contributed by atoms with Crippen LogP contribution >= 0.6 is 34.5 Å². The zero-order valence-electron chi connectivity index (χ0n) is 18.5. The number of thiazole rings is 1. The molecule has 1 saturated carbocycles. The second kappa shape index (κ2) is 9.18. The van der Waals surface area contributed by atoms with Crippen molar-refractivity contribution in [2.75, 3.05) is 0 Å². The normalized spacial score (nSPS) is 14.5. The first-order chi connectivity index (χ1) is 16.7. The number of imidazole rings is 1. The van der Waals surface area contributed by atoms with Crippen LogP contribution in [0.1, 0.15) is 52.2 Å². The Morgan fingerprint density at radius 1 is 0.912 bits per heavy atom. The lowest BCUT2D eigenvalue weighted by Gasteiger charge is -2.17. The van der Waals surface area contributed by atoms with Gasteiger partial charge in [-0.3, -0.25) is 0 Å². The van der Waals surface area contributed by atoms with Crippen LogP contribution in [0.5, 0.6) is 0 Å². The number of halogens is 2. The number of fused-ring (bicyclic) bond motifs is 1. The minimum atomic E-state index is 0.0608. The topological polar surface area (TPSA) is 30.7 Å². The molecule has 6 heteroatoms. The predicted octanol–water partition coefficient (Wildman–Crippen LogP) is 8.10. The first-order valence-corrected chi connectivity index (χ1v) is 13.2. The molecule has 0 amide bonds. The van der Waals surface area contributed by atoms with Gasteiger partial charge in [0.25, 0.3) is 0 Å². The Balaban J connectivity index is 1.42. The van der Waals surface area contributed by atoms with Crippen molar-refractivity contribution in [2.45, 2.75) is 37.6 Å². The Morgan fingerprint density at radius 2 is 1.62 bits per heavy atom. The minimum Gasteiger partial charge on any atom is -0.327 e. The van der Waals surface area contributed by atoms with Gasteiger partial charge in [0.05, 0.1) is 17.0 Å². The lowest BCUT2D eigenvalue weighted by Crippen LogP contribution is -2.07. The maximum atomic E-state index is 6.19. The van der Waals surface area contributed by atoms with Gasteiger partial charge in [0.15, 0.2) is 0 Å². The van der Waals surface area contributed by atoms with Crippen LogP contribution in [0, 0.1) is 0 Å². The molecule has 0 spiro atoms. The summed E-state index contributed by atoms with van der Waals surface area (Å²) in [5, 5.41) is 4.64. The summed E-state index contributed by atoms with van der Waals surface area (Å²) in [6, 6.07) is 23.0. The fourth-order valence-electron chi connectivity index (χ4n) is 4.63. The van der Waals surface area contributed by atoms with E-state index in [1.54, 1.807) is 11.3 Å². The van der Waals surface area contributed by atoms with Crippen molar-refractivity contribution in [1.82, 2.24) is 14.5 Å². The minimum absolute atomic E-state index is 0.0608. The highest BCUT2D eigenvalue weighted by molar-refractivity contribution is 7.09. The second-order valence-electron chi connectivity index (χ2n) is 8.88. The highest BCUT2D eigenvalue weighted by Gasteiger charge is 2.30. The van der Waals surface area contributed by atoms with Crippen molar-refractivity contribution >= 4 is 45.6 Å². The maximum Gasteiger partial charge on any atom is 0.113 e. The van der Waals surface area contributed by atoms with Gasteiger partial charge in [-0.2, -0.15) is 0 Å². The van der Waals surface area contributed by atoms with E-state index in [2.05, 4.69) is 52.0 Å². The third-order valence-corrected chi connectivity index (χ3v) is 7.86. The summed E-state index contributed by atoms with van der Waals surface area (Å²) < 4.78 is 2.44. The molecule has 0 bridgehead atoms. The maximum absolute atomic E-state index is 6.19. The van der Waals surface area contributed by atoms with Gasteiger partial charge in [-0.1, -0.05) is 53.5 Å². The van der Waals surface area contributed by atoms with Crippen LogP contribution in [0.2, 0.25) is 10.0 Å². The third kappa shape index (κ3) is 4.38. The number of hydrogen-bond acceptors (Lipinski definition) is 3. The molecule has 34 heavy (non-hydrogen) atoms. The Labute approximate surface area is 213 Å². The number of aromatic nitrogens is 3. The largest absolute Gasteiger partial charge is 0.327 e. The molecule has 170 valence electrons. The van der Waals surface area contributed by atoms with Crippen LogP contribution in [0.3, 0.4) is 0 Å². The predicted molar refractivity (Wildman–Crippen MR) is 141 cm³/mol. The fraction of sp³-hybridized carbons (Fsp3) is 0.214. The molecular formula is C28H23Cl2N3S. The summed E-state index contributed by atoms with van der Waals surface area (Å²) in [4.78, 5) is 9.73. The average molecular weight is 504 g/mol. The van der Waals surface area contributed by atoms with E-state index >= 15 is 0 Å². The second-order valence-corrected chi connectivity index (χ2v) is 10.7. The molecule has 1 aliphatic carbocycles. The lowest BCUT2D eigenvalue weighted by molar-refractivity contribution is 0.670. The van der Waals surface area contributed by atoms with E-state index in [-0.39, 0.29) is 5.92 Å². The van der Waals surface area contributed by atoms with Crippen molar-refractivity contribution in [3.63, 3.8) is 0 Å². The first-order valence-electron chi connectivity index (χ1n) is 11.5. The summed E-state index contributed by atoms with van der Waals surface area (Å²) in [5.74, 6) is 1.86. The van der Waals surface area contributed by atoms with Crippen molar-refractivity contribution in [3.05, 3.63) is 116 Å². The smallest absolute Gasteiger partial charge is 0.113 e. The summed E-state index contributed by atoms with van der Waals surface area (Å²) >= 11 is 14.0. The van der Waals surface area contributed by atoms with Crippen molar-refractivity contribution in [1.29, 1.82) is 0 Å². The molecule has 0 N–H and O–H groups in total. The van der Waals surface area contributed by atoms with Gasteiger partial charge in [0.2, 0.25) is 0 Å². The lowest BCUT2D eigenvalue weighted by atomic mass is 9.91. The van der Waals surface area contributed by atoms with Gasteiger partial charge in [-0.15, -0.1) is 11.3 Å². The van der Waals surface area contributed by atoms with E-state index in [1.165, 1.54) is 40.9 Å². The molecule has 0 radical (unpaired) electrons. The van der Waals surface area contributed by atoms with Crippen LogP contribution in [-0.2, 0) is 13.0 Å². The molecule has 2 heterocycles. The Morgan fingerprint density at radius 3 is 2.29 bits per heavy atom. The molecular weight excluding hydrogens is 481 g/mol. The van der Waals surface area contributed by atoms with Crippen molar-refractivity contribution in [2.24, 2.45) is 0 Å². The van der Waals surface area contributed by atoms with Crippen LogP contribution in [0.25, 0.3) is 11.0 Å². The van der Waals surface area contributed by atoms with Gasteiger partial charge in [-0.05, 0) is 72.4 Å². The Bertz CT molecular complexity index is 1420. The summed E-state index contributed by atoms with van der Waals surface area (Å²) in [6.07, 6.45) is 5.27. The molecule has 1 atom stereocenters. The highest BCUT2D eigenvalue weighted by Crippen LogP contribution is 2.42. The van der Waals surface area contributed by atoms with E-state index in [4.69, 9.17) is 28.2 Å². The van der Waals surface area contributed by atoms with Gasteiger partial charge in [0.1, 0.15) is 10.8 Å². The van der Waals surface area contributed by atoms with Crippen molar-refractivity contribution < 1.29 is 0 Å². The quantitative estimate of drug-likeness (QED) is 0.224. The zero-order valence-corrected chi connectivity index (χ0v) is 20.8. The zero-order chi connectivity index (χ0) is 23.1. The number of aryl methyl sites for hydroxylation is 2. The SMILES string of the molecule is Clc1ccc(CCn2c(C3CC3)nc3ccc(C(c4ccc(Cl)cc4)c4nccs4)cc32)cc1. The number of hydrogen-bond donors (Lipinski definition) is 0. The van der Waals surface area contributed by atoms with Crippen LogP contribution in [0.15, 0.2) is 78.3 Å². The molecule has 3 aromatic carbocycles. The molecule has 6 rings (SSSR count). The van der Waals surface area contributed by atoms with Gasteiger partial charge in [-0.25, -0.2) is 9.97 Å². The van der Waals surface area contributed by atoms with E-state index in [0.29, 0.717) is 5.92 Å². The molecule has 2 aromatic heterocycles. The summed E-state index contributed by atoms with van der Waals surface area (Å²) in [6.45, 7) is 0.899. The fourth-order valence-corrected chi connectivity index (χ4v) is 5.67. The standard InChI is InChI=1S/C28H23Cl2N3S/c29-22-8-1-18(2-9-22)13-15-33-25-17-21(7-12-24(25)32-27(33)20-3-4-20)26(28-31-14-16-34-28)19-5-10-23(30)11-6-19/h1-2,5-12,14,16-17,20,26H,3-4,13,15H2. The number of nitrogens with zero attached hydrogens (tertiary/aromatic N) is 3. The first kappa shape index (κ1) is 21.8. The molecule has 1 aliphatic rings. The van der Waals surface area contributed by atoms with E-state index in [0.717, 1.165) is 33.5 Å². The summed E-state index contributed by atoms with van der Waals surface area (Å²) in [5.41, 5.74) is 5.96. The van der Waals surface area contributed by atoms with Crippen LogP contribution in [-0.4, -0.2) is 14.5 Å². The van der Waals surface area contributed by atoms with E-state index in [9.17, 15) is 0 Å².